The molecule has 0 saturated carbocycles. The first-order valence-corrected chi connectivity index (χ1v) is 6.82. The molecule has 0 aromatic rings. The standard InChI is InChI=1S/C15H26BNO3/c1-7-8-13(18)11(16)9-12(10(2)3)17-14(19)20-15(4,5)6/h7,9-10,12-13,18H,1,8H2,2-6H3,(H,17,19)/b11-9-. The van der Waals surface area contributed by atoms with Crippen LogP contribution in [-0.4, -0.2) is 36.8 Å². The fraction of sp³-hybridized carbons (Fsp3) is 0.667. The van der Waals surface area contributed by atoms with E-state index < -0.39 is 17.8 Å². The van der Waals surface area contributed by atoms with Crippen LogP contribution in [0.2, 0.25) is 0 Å². The van der Waals surface area contributed by atoms with Crippen molar-refractivity contribution in [2.24, 2.45) is 5.92 Å². The molecule has 0 aliphatic rings. The fourth-order valence-electron chi connectivity index (χ4n) is 1.46. The molecule has 0 saturated heterocycles. The van der Waals surface area contributed by atoms with Crippen LogP contribution in [0.1, 0.15) is 41.0 Å². The number of aliphatic hydroxyl groups is 1. The lowest BCUT2D eigenvalue weighted by molar-refractivity contribution is 0.0503. The highest BCUT2D eigenvalue weighted by Crippen LogP contribution is 2.12. The molecule has 0 heterocycles. The van der Waals surface area contributed by atoms with E-state index in [4.69, 9.17) is 12.6 Å². The Kier molecular flexibility index (Phi) is 7.65. The molecule has 0 rings (SSSR count). The minimum absolute atomic E-state index is 0.122. The topological polar surface area (TPSA) is 58.6 Å². The van der Waals surface area contributed by atoms with Gasteiger partial charge in [0.05, 0.1) is 12.1 Å². The highest BCUT2D eigenvalue weighted by atomic mass is 16.6. The third kappa shape index (κ3) is 8.05. The van der Waals surface area contributed by atoms with Gasteiger partial charge in [0.1, 0.15) is 13.4 Å². The molecule has 0 aromatic heterocycles. The number of amides is 1. The minimum atomic E-state index is -0.783. The van der Waals surface area contributed by atoms with Gasteiger partial charge < -0.3 is 15.2 Å². The molecule has 112 valence electrons. The van der Waals surface area contributed by atoms with Gasteiger partial charge in [0, 0.05) is 0 Å². The van der Waals surface area contributed by atoms with Gasteiger partial charge in [0.25, 0.3) is 0 Å². The van der Waals surface area contributed by atoms with Gasteiger partial charge >= 0.3 is 6.09 Å². The van der Waals surface area contributed by atoms with Crippen molar-refractivity contribution in [2.45, 2.75) is 58.8 Å². The number of hydrogen-bond donors (Lipinski definition) is 2. The van der Waals surface area contributed by atoms with Gasteiger partial charge in [-0.1, -0.05) is 31.5 Å². The van der Waals surface area contributed by atoms with Crippen molar-refractivity contribution >= 4 is 13.9 Å². The highest BCUT2D eigenvalue weighted by Gasteiger charge is 2.20. The molecule has 0 aliphatic carbocycles. The molecular weight excluding hydrogens is 253 g/mol. The van der Waals surface area contributed by atoms with Crippen molar-refractivity contribution in [2.75, 3.05) is 0 Å². The molecule has 2 N–H and O–H groups in total. The van der Waals surface area contributed by atoms with Gasteiger partial charge in [-0.3, -0.25) is 0 Å². The van der Waals surface area contributed by atoms with Crippen LogP contribution in [0.4, 0.5) is 4.79 Å². The Morgan fingerprint density at radius 2 is 2.00 bits per heavy atom. The Morgan fingerprint density at radius 3 is 2.40 bits per heavy atom. The van der Waals surface area contributed by atoms with Crippen LogP contribution >= 0.6 is 0 Å². The number of carbonyl (C=O) groups excluding carboxylic acids is 1. The molecular formula is C15H26BNO3. The van der Waals surface area contributed by atoms with Gasteiger partial charge in [0.2, 0.25) is 0 Å². The van der Waals surface area contributed by atoms with Crippen molar-refractivity contribution in [1.82, 2.24) is 5.32 Å². The van der Waals surface area contributed by atoms with E-state index in [1.165, 1.54) is 0 Å². The predicted molar refractivity (Wildman–Crippen MR) is 82.7 cm³/mol. The van der Waals surface area contributed by atoms with Crippen LogP contribution in [0, 0.1) is 5.92 Å². The predicted octanol–water partition coefficient (Wildman–Crippen LogP) is 2.53. The maximum atomic E-state index is 11.8. The summed E-state index contributed by atoms with van der Waals surface area (Å²) in [6.45, 7) is 12.9. The van der Waals surface area contributed by atoms with Crippen LogP contribution in [0.3, 0.4) is 0 Å². The molecule has 2 atom stereocenters. The van der Waals surface area contributed by atoms with E-state index in [-0.39, 0.29) is 12.0 Å². The normalized spacial score (nSPS) is 15.7. The van der Waals surface area contributed by atoms with Gasteiger partial charge in [-0.2, -0.15) is 0 Å². The lowest BCUT2D eigenvalue weighted by Gasteiger charge is -2.25. The summed E-state index contributed by atoms with van der Waals surface area (Å²) in [6, 6.07) is -0.302. The summed E-state index contributed by atoms with van der Waals surface area (Å²) in [5.41, 5.74) is -0.233. The van der Waals surface area contributed by atoms with Crippen LogP contribution in [-0.2, 0) is 4.74 Å². The summed E-state index contributed by atoms with van der Waals surface area (Å²) in [5.74, 6) is 0.122. The van der Waals surface area contributed by atoms with Crippen LogP contribution in [0.5, 0.6) is 0 Å². The molecule has 1 amide bonds. The molecule has 0 bridgehead atoms. The second-order valence-corrected chi connectivity index (χ2v) is 6.12. The van der Waals surface area contributed by atoms with E-state index in [1.807, 2.05) is 13.8 Å². The fourth-order valence-corrected chi connectivity index (χ4v) is 1.46. The molecule has 2 radical (unpaired) electrons. The number of alkyl carbamates (subject to hydrolysis) is 1. The van der Waals surface area contributed by atoms with Gasteiger partial charge in [-0.15, -0.1) is 6.58 Å². The van der Waals surface area contributed by atoms with Crippen molar-refractivity contribution in [3.05, 3.63) is 24.2 Å². The number of rotatable bonds is 6. The van der Waals surface area contributed by atoms with Gasteiger partial charge in [-0.05, 0) is 33.1 Å². The van der Waals surface area contributed by atoms with Crippen molar-refractivity contribution in [3.63, 3.8) is 0 Å². The van der Waals surface area contributed by atoms with Crippen molar-refractivity contribution in [3.8, 4) is 0 Å². The van der Waals surface area contributed by atoms with Crippen molar-refractivity contribution in [1.29, 1.82) is 0 Å². The molecule has 0 fully saturated rings. The minimum Gasteiger partial charge on any atom is -0.444 e. The monoisotopic (exact) mass is 279 g/mol. The zero-order valence-corrected chi connectivity index (χ0v) is 13.1. The average molecular weight is 279 g/mol. The first-order chi connectivity index (χ1) is 9.06. The summed E-state index contributed by atoms with van der Waals surface area (Å²) >= 11 is 0. The number of nitrogens with one attached hydrogen (secondary N) is 1. The quantitative estimate of drug-likeness (QED) is 0.580. The third-order valence-electron chi connectivity index (χ3n) is 2.55. The zero-order chi connectivity index (χ0) is 15.9. The van der Waals surface area contributed by atoms with E-state index in [0.717, 1.165) is 0 Å². The van der Waals surface area contributed by atoms with Crippen LogP contribution in [0.25, 0.3) is 0 Å². The molecule has 0 aromatic carbocycles. The van der Waals surface area contributed by atoms with E-state index in [1.54, 1.807) is 32.9 Å². The molecule has 0 spiro atoms. The number of aliphatic hydroxyl groups excluding tert-OH is 1. The largest absolute Gasteiger partial charge is 0.444 e. The van der Waals surface area contributed by atoms with E-state index in [0.29, 0.717) is 11.9 Å². The number of ether oxygens (including phenoxy) is 1. The summed E-state index contributed by atoms with van der Waals surface area (Å²) < 4.78 is 5.21. The smallest absolute Gasteiger partial charge is 0.408 e. The van der Waals surface area contributed by atoms with Crippen molar-refractivity contribution < 1.29 is 14.6 Å². The first-order valence-electron chi connectivity index (χ1n) is 6.82. The lowest BCUT2D eigenvalue weighted by Crippen LogP contribution is -2.41. The zero-order valence-electron chi connectivity index (χ0n) is 13.1. The van der Waals surface area contributed by atoms with Crippen LogP contribution in [0.15, 0.2) is 24.2 Å². The summed E-state index contributed by atoms with van der Waals surface area (Å²) in [7, 11) is 5.82. The molecule has 5 heteroatoms. The Labute approximate surface area is 123 Å². The summed E-state index contributed by atoms with van der Waals surface area (Å²) in [5, 5.41) is 12.5. The summed E-state index contributed by atoms with van der Waals surface area (Å²) in [4.78, 5) is 11.8. The SMILES string of the molecule is [B]/C(=C\C(NC(=O)OC(C)(C)C)C(C)C)C(O)CC=C. The Balaban J connectivity index is 4.78. The maximum Gasteiger partial charge on any atom is 0.408 e. The lowest BCUT2D eigenvalue weighted by atomic mass is 9.85. The molecule has 20 heavy (non-hydrogen) atoms. The van der Waals surface area contributed by atoms with Gasteiger partial charge in [0.15, 0.2) is 0 Å². The molecule has 0 aliphatic heterocycles. The maximum absolute atomic E-state index is 11.8. The van der Waals surface area contributed by atoms with E-state index in [2.05, 4.69) is 11.9 Å². The third-order valence-corrected chi connectivity index (χ3v) is 2.55. The highest BCUT2D eigenvalue weighted by molar-refractivity contribution is 6.22. The van der Waals surface area contributed by atoms with E-state index >= 15 is 0 Å². The van der Waals surface area contributed by atoms with Crippen LogP contribution < -0.4 is 5.32 Å². The molecule has 2 unspecified atom stereocenters. The average Bonchev–Trinajstić information content (AvgIpc) is 2.25. The Hall–Kier alpha value is -1.23. The Morgan fingerprint density at radius 1 is 1.45 bits per heavy atom. The first kappa shape index (κ1) is 18.8. The van der Waals surface area contributed by atoms with E-state index in [9.17, 15) is 9.90 Å². The second kappa shape index (κ2) is 8.15. The molecule has 4 nitrogen and oxygen atoms in total. The summed E-state index contributed by atoms with van der Waals surface area (Å²) in [6.07, 6.45) is 2.34. The second-order valence-electron chi connectivity index (χ2n) is 6.12. The Bertz CT molecular complexity index is 359. The number of hydrogen-bond acceptors (Lipinski definition) is 3. The number of carbonyl (C=O) groups is 1. The van der Waals surface area contributed by atoms with Gasteiger partial charge in [-0.25, -0.2) is 4.79 Å².